The predicted molar refractivity (Wildman–Crippen MR) is 164 cm³/mol. The average Bonchev–Trinajstić information content (AvgIpc) is 3.57. The van der Waals surface area contributed by atoms with Gasteiger partial charge in [0.2, 0.25) is 10.0 Å². The van der Waals surface area contributed by atoms with E-state index in [0.29, 0.717) is 40.1 Å². The number of amides is 1. The molecule has 1 aromatic heterocycles. The number of hydrogen-bond acceptors (Lipinski definition) is 5. The van der Waals surface area contributed by atoms with Crippen molar-refractivity contribution in [2.75, 3.05) is 24.7 Å². The normalized spacial score (nSPS) is 12.7. The van der Waals surface area contributed by atoms with Crippen molar-refractivity contribution >= 4 is 38.3 Å². The topological polar surface area (TPSA) is 92.0 Å². The number of nitrogens with zero attached hydrogens (tertiary/aromatic N) is 2. The third-order valence-corrected chi connectivity index (χ3v) is 8.80. The van der Waals surface area contributed by atoms with Gasteiger partial charge in [0.15, 0.2) is 0 Å². The lowest BCUT2D eigenvalue weighted by Gasteiger charge is -2.21. The van der Waals surface area contributed by atoms with E-state index in [0.717, 1.165) is 45.3 Å². The zero-order valence-corrected chi connectivity index (χ0v) is 24.3. The lowest BCUT2D eigenvalue weighted by atomic mass is 9.93. The van der Waals surface area contributed by atoms with E-state index in [-0.39, 0.29) is 11.7 Å². The third-order valence-electron chi connectivity index (χ3n) is 7.61. The molecule has 1 N–H and O–H groups in total. The van der Waals surface area contributed by atoms with E-state index in [9.17, 15) is 17.6 Å². The monoisotopic (exact) mass is 581 g/mol. The maximum atomic E-state index is 13.6. The minimum atomic E-state index is -3.65. The zero-order valence-electron chi connectivity index (χ0n) is 23.5. The summed E-state index contributed by atoms with van der Waals surface area (Å²) in [7, 11) is -0.605. The van der Waals surface area contributed by atoms with Crippen molar-refractivity contribution in [3.05, 3.63) is 112 Å². The molecule has 0 saturated carbocycles. The van der Waals surface area contributed by atoms with Gasteiger partial charge < -0.3 is 9.73 Å². The molecule has 1 aliphatic rings. The Labute approximate surface area is 243 Å². The summed E-state index contributed by atoms with van der Waals surface area (Å²) < 4.78 is 46.6. The molecule has 0 saturated heterocycles. The molecule has 212 valence electrons. The second-order valence-electron chi connectivity index (χ2n) is 10.4. The van der Waals surface area contributed by atoms with E-state index in [1.807, 2.05) is 55.5 Å². The number of carbonyl (C=O) groups excluding carboxylic acids is 1. The van der Waals surface area contributed by atoms with Gasteiger partial charge in [0, 0.05) is 47.8 Å². The largest absolute Gasteiger partial charge is 0.455 e. The quantitative estimate of drug-likeness (QED) is 0.254. The first-order chi connectivity index (χ1) is 20.0. The van der Waals surface area contributed by atoms with Crippen molar-refractivity contribution in [2.24, 2.45) is 4.99 Å². The molecule has 0 unspecified atom stereocenters. The molecule has 42 heavy (non-hydrogen) atoms. The summed E-state index contributed by atoms with van der Waals surface area (Å²) in [5, 5.41) is 3.27. The van der Waals surface area contributed by atoms with Crippen molar-refractivity contribution in [2.45, 2.75) is 13.5 Å². The number of furan rings is 1. The predicted octanol–water partition coefficient (Wildman–Crippen LogP) is 6.32. The van der Waals surface area contributed by atoms with E-state index in [4.69, 9.17) is 9.41 Å². The highest BCUT2D eigenvalue weighted by Crippen LogP contribution is 2.42. The minimum Gasteiger partial charge on any atom is -0.455 e. The molecule has 0 fully saturated rings. The Morgan fingerprint density at radius 2 is 1.60 bits per heavy atom. The van der Waals surface area contributed by atoms with Crippen LogP contribution in [0, 0.1) is 12.7 Å². The fourth-order valence-electron chi connectivity index (χ4n) is 5.27. The molecule has 7 nitrogen and oxygen atoms in total. The second-order valence-corrected chi connectivity index (χ2v) is 12.4. The van der Waals surface area contributed by atoms with Gasteiger partial charge in [-0.15, -0.1) is 0 Å². The number of nitrogens with one attached hydrogen (secondary N) is 1. The summed E-state index contributed by atoms with van der Waals surface area (Å²) in [6, 6.07) is 23.2. The number of sulfonamides is 1. The van der Waals surface area contributed by atoms with Crippen LogP contribution in [0.1, 0.15) is 32.6 Å². The molecule has 0 atom stereocenters. The fraction of sp³-hybridized carbons (Fsp3) is 0.152. The zero-order chi connectivity index (χ0) is 29.8. The molecule has 1 amide bonds. The number of anilines is 1. The van der Waals surface area contributed by atoms with Crippen molar-refractivity contribution in [1.82, 2.24) is 5.32 Å². The molecule has 5 aromatic rings. The van der Waals surface area contributed by atoms with Crippen LogP contribution in [0.4, 0.5) is 10.1 Å². The first-order valence-corrected chi connectivity index (χ1v) is 15.2. The maximum absolute atomic E-state index is 13.6. The number of fused-ring (bicyclic) bond motifs is 2. The van der Waals surface area contributed by atoms with Crippen LogP contribution in [0.3, 0.4) is 0 Å². The number of aryl methyl sites for hydroxylation is 1. The van der Waals surface area contributed by atoms with Gasteiger partial charge in [-0.25, -0.2) is 12.8 Å². The lowest BCUT2D eigenvalue weighted by Crippen LogP contribution is -2.25. The van der Waals surface area contributed by atoms with Crippen LogP contribution in [0.2, 0.25) is 0 Å². The molecular formula is C33H28FN3O4S. The summed E-state index contributed by atoms with van der Waals surface area (Å²) in [5.41, 5.74) is 7.69. The Bertz CT molecular complexity index is 2010. The molecule has 2 heterocycles. The SMILES string of the molecule is CNC(=O)c1c(-c2ccc(C)cc2)oc2cc(N(C)S(C)(=O)=O)c(-c3ccc4c(c3)C(c3ccc(F)cc3)=NC4)cc12. The van der Waals surface area contributed by atoms with Gasteiger partial charge in [0.05, 0.1) is 29.8 Å². The Kier molecular flexibility index (Phi) is 6.69. The van der Waals surface area contributed by atoms with E-state index in [1.54, 1.807) is 25.2 Å². The van der Waals surface area contributed by atoms with Crippen LogP contribution in [-0.4, -0.2) is 40.4 Å². The van der Waals surface area contributed by atoms with Crippen LogP contribution in [0.5, 0.6) is 0 Å². The number of carbonyl (C=O) groups is 1. The van der Waals surface area contributed by atoms with Crippen LogP contribution < -0.4 is 9.62 Å². The summed E-state index contributed by atoms with van der Waals surface area (Å²) in [6.45, 7) is 2.46. The Morgan fingerprint density at radius 3 is 2.26 bits per heavy atom. The molecule has 9 heteroatoms. The third kappa shape index (κ3) is 4.75. The summed E-state index contributed by atoms with van der Waals surface area (Å²) in [6.07, 6.45) is 1.14. The van der Waals surface area contributed by atoms with Crippen molar-refractivity contribution in [3.8, 4) is 22.5 Å². The highest BCUT2D eigenvalue weighted by atomic mass is 32.2. The van der Waals surface area contributed by atoms with Crippen molar-refractivity contribution in [1.29, 1.82) is 0 Å². The first-order valence-electron chi connectivity index (χ1n) is 13.3. The van der Waals surface area contributed by atoms with Gasteiger partial charge in [-0.05, 0) is 54.4 Å². The van der Waals surface area contributed by atoms with Crippen LogP contribution >= 0.6 is 0 Å². The van der Waals surface area contributed by atoms with Gasteiger partial charge in [-0.1, -0.05) is 42.0 Å². The molecule has 0 spiro atoms. The molecule has 0 radical (unpaired) electrons. The number of aliphatic imine (C=N–C) groups is 1. The number of halogens is 1. The molecule has 0 aliphatic carbocycles. The number of benzene rings is 4. The molecule has 0 bridgehead atoms. The Hall–Kier alpha value is -4.76. The fourth-order valence-corrected chi connectivity index (χ4v) is 5.78. The van der Waals surface area contributed by atoms with Crippen molar-refractivity contribution in [3.63, 3.8) is 0 Å². The Balaban J connectivity index is 1.60. The Morgan fingerprint density at radius 1 is 0.929 bits per heavy atom. The summed E-state index contributed by atoms with van der Waals surface area (Å²) in [4.78, 5) is 17.9. The molecule has 1 aliphatic heterocycles. The maximum Gasteiger partial charge on any atom is 0.255 e. The average molecular weight is 582 g/mol. The highest BCUT2D eigenvalue weighted by Gasteiger charge is 2.27. The van der Waals surface area contributed by atoms with Crippen molar-refractivity contribution < 1.29 is 22.0 Å². The lowest BCUT2D eigenvalue weighted by molar-refractivity contribution is 0.0964. The summed E-state index contributed by atoms with van der Waals surface area (Å²) >= 11 is 0. The van der Waals surface area contributed by atoms with Gasteiger partial charge in [-0.3, -0.25) is 14.1 Å². The van der Waals surface area contributed by atoms with E-state index >= 15 is 0 Å². The summed E-state index contributed by atoms with van der Waals surface area (Å²) in [5.74, 6) is -0.251. The van der Waals surface area contributed by atoms with Gasteiger partial charge in [0.25, 0.3) is 5.91 Å². The van der Waals surface area contributed by atoms with Crippen LogP contribution in [0.25, 0.3) is 33.4 Å². The first kappa shape index (κ1) is 27.4. The van der Waals surface area contributed by atoms with Gasteiger partial charge >= 0.3 is 0 Å². The van der Waals surface area contributed by atoms with E-state index in [2.05, 4.69) is 5.32 Å². The molecular weight excluding hydrogens is 553 g/mol. The molecule has 4 aromatic carbocycles. The minimum absolute atomic E-state index is 0.320. The van der Waals surface area contributed by atoms with E-state index < -0.39 is 10.0 Å². The second kappa shape index (κ2) is 10.3. The standard InChI is InChI=1S/C33H28FN3O4S/c1-19-5-7-21(8-6-19)32-30(33(38)35-2)27-16-25(28(17-29(27)41-32)37(3)42(4,39)40)22-9-10-23-18-36-31(26(23)15-22)20-11-13-24(34)14-12-20/h5-17H,18H2,1-4H3,(H,35,38). The number of hydrogen-bond donors (Lipinski definition) is 1. The smallest absolute Gasteiger partial charge is 0.255 e. The van der Waals surface area contributed by atoms with Crippen LogP contribution in [-0.2, 0) is 16.6 Å². The molecule has 6 rings (SSSR count). The van der Waals surface area contributed by atoms with Crippen LogP contribution in [0.15, 0.2) is 88.3 Å². The number of rotatable bonds is 6. The van der Waals surface area contributed by atoms with Gasteiger partial charge in [-0.2, -0.15) is 0 Å². The van der Waals surface area contributed by atoms with E-state index in [1.165, 1.54) is 23.5 Å². The van der Waals surface area contributed by atoms with Gasteiger partial charge in [0.1, 0.15) is 17.2 Å². The highest BCUT2D eigenvalue weighted by molar-refractivity contribution is 7.92.